The summed E-state index contributed by atoms with van der Waals surface area (Å²) in [4.78, 5) is 17.3. The number of hydrogen-bond donors (Lipinski definition) is 2. The molecule has 5 rings (SSSR count). The quantitative estimate of drug-likeness (QED) is 0.532. The molecule has 2 aliphatic carbocycles. The molecule has 3 aromatic rings. The number of nitrogens with one attached hydrogen (secondary N) is 2. The molecule has 32 heavy (non-hydrogen) atoms. The van der Waals surface area contributed by atoms with Gasteiger partial charge in [0.1, 0.15) is 11.4 Å². The number of carbonyl (C=O) groups is 1. The molecule has 1 spiro atoms. The van der Waals surface area contributed by atoms with Crippen molar-refractivity contribution < 1.29 is 9.53 Å². The molecule has 1 amide bonds. The van der Waals surface area contributed by atoms with Crippen LogP contribution in [-0.4, -0.2) is 26.3 Å². The SMILES string of the molecule is CC(C)(C)OC(=O)Nc1cccc(Nc2c3c(nc4ccnn24)C2(CCCCC2)CC3)c1. The van der Waals surface area contributed by atoms with E-state index >= 15 is 0 Å². The Bertz CT molecular complexity index is 1150. The van der Waals surface area contributed by atoms with Crippen LogP contribution in [0.15, 0.2) is 36.5 Å². The van der Waals surface area contributed by atoms with Gasteiger partial charge in [0.15, 0.2) is 5.65 Å². The van der Waals surface area contributed by atoms with E-state index in [2.05, 4.69) is 15.7 Å². The number of anilines is 3. The Kier molecular flexibility index (Phi) is 5.07. The summed E-state index contributed by atoms with van der Waals surface area (Å²) in [6, 6.07) is 9.65. The largest absolute Gasteiger partial charge is 0.444 e. The number of amides is 1. The number of aromatic nitrogens is 3. The van der Waals surface area contributed by atoms with E-state index in [4.69, 9.17) is 9.72 Å². The molecule has 7 heteroatoms. The summed E-state index contributed by atoms with van der Waals surface area (Å²) >= 11 is 0. The Morgan fingerprint density at radius 1 is 1.09 bits per heavy atom. The fraction of sp³-hybridized carbons (Fsp3) is 0.480. The third kappa shape index (κ3) is 3.92. The van der Waals surface area contributed by atoms with Crippen LogP contribution in [0.2, 0.25) is 0 Å². The average Bonchev–Trinajstić information content (AvgIpc) is 3.33. The van der Waals surface area contributed by atoms with E-state index in [1.54, 1.807) is 6.20 Å². The highest BCUT2D eigenvalue weighted by molar-refractivity contribution is 5.86. The van der Waals surface area contributed by atoms with Crippen LogP contribution >= 0.6 is 0 Å². The number of rotatable bonds is 3. The summed E-state index contributed by atoms with van der Waals surface area (Å²) in [5.74, 6) is 0.979. The van der Waals surface area contributed by atoms with Gasteiger partial charge in [0.2, 0.25) is 0 Å². The first-order valence-corrected chi connectivity index (χ1v) is 11.6. The van der Waals surface area contributed by atoms with Gasteiger partial charge in [0.05, 0.1) is 11.9 Å². The second-order valence-electron chi connectivity index (χ2n) is 10.1. The Morgan fingerprint density at radius 3 is 2.66 bits per heavy atom. The summed E-state index contributed by atoms with van der Waals surface area (Å²) in [5.41, 5.74) is 4.64. The first-order valence-electron chi connectivity index (χ1n) is 11.6. The molecule has 0 unspecified atom stereocenters. The standard InChI is InChI=1S/C25H31N5O2/c1-24(2,3)32-23(31)28-18-9-7-8-17(16-18)27-22-19-10-14-25(12-5-4-6-13-25)21(19)29-20-11-15-26-30(20)22/h7-9,11,15-16,27H,4-6,10,12-14H2,1-3H3,(H,28,31). The number of fused-ring (bicyclic) bond motifs is 3. The number of hydrogen-bond acceptors (Lipinski definition) is 5. The molecule has 1 fully saturated rings. The zero-order chi connectivity index (χ0) is 22.3. The highest BCUT2D eigenvalue weighted by Crippen LogP contribution is 2.49. The van der Waals surface area contributed by atoms with Crippen molar-refractivity contribution in [2.24, 2.45) is 0 Å². The highest BCUT2D eigenvalue weighted by Gasteiger charge is 2.42. The molecule has 1 saturated carbocycles. The molecule has 0 saturated heterocycles. The molecule has 1 aromatic carbocycles. The molecule has 2 aromatic heterocycles. The Labute approximate surface area is 188 Å². The van der Waals surface area contributed by atoms with Crippen molar-refractivity contribution in [2.75, 3.05) is 10.6 Å². The van der Waals surface area contributed by atoms with Gasteiger partial charge in [-0.05, 0) is 64.7 Å². The lowest BCUT2D eigenvalue weighted by Gasteiger charge is -2.33. The molecular formula is C25H31N5O2. The molecule has 0 bridgehead atoms. The van der Waals surface area contributed by atoms with Crippen molar-refractivity contribution in [2.45, 2.75) is 76.7 Å². The predicted octanol–water partition coefficient (Wildman–Crippen LogP) is 5.97. The van der Waals surface area contributed by atoms with Crippen molar-refractivity contribution in [1.82, 2.24) is 14.6 Å². The van der Waals surface area contributed by atoms with Crippen LogP contribution in [0, 0.1) is 0 Å². The first kappa shape index (κ1) is 20.8. The lowest BCUT2D eigenvalue weighted by molar-refractivity contribution is 0.0636. The van der Waals surface area contributed by atoms with Crippen LogP contribution in [0.5, 0.6) is 0 Å². The monoisotopic (exact) mass is 433 g/mol. The average molecular weight is 434 g/mol. The minimum atomic E-state index is -0.543. The van der Waals surface area contributed by atoms with E-state index in [9.17, 15) is 4.79 Å². The number of ether oxygens (including phenoxy) is 1. The molecule has 0 atom stereocenters. The van der Waals surface area contributed by atoms with Crippen molar-refractivity contribution in [1.29, 1.82) is 0 Å². The first-order chi connectivity index (χ1) is 15.3. The molecule has 0 aliphatic heterocycles. The van der Waals surface area contributed by atoms with Crippen LogP contribution in [0.4, 0.5) is 22.0 Å². The maximum atomic E-state index is 12.2. The van der Waals surface area contributed by atoms with Crippen LogP contribution in [-0.2, 0) is 16.6 Å². The van der Waals surface area contributed by atoms with Gasteiger partial charge in [-0.1, -0.05) is 25.3 Å². The highest BCUT2D eigenvalue weighted by atomic mass is 16.6. The normalized spacial score (nSPS) is 17.3. The van der Waals surface area contributed by atoms with Gasteiger partial charge < -0.3 is 10.1 Å². The number of carbonyl (C=O) groups excluding carboxylic acids is 1. The fourth-order valence-corrected chi connectivity index (χ4v) is 5.21. The van der Waals surface area contributed by atoms with Crippen LogP contribution in [0.3, 0.4) is 0 Å². The Morgan fingerprint density at radius 2 is 1.88 bits per heavy atom. The Hall–Kier alpha value is -3.09. The molecule has 0 radical (unpaired) electrons. The van der Waals surface area contributed by atoms with Gasteiger partial charge in [-0.25, -0.2) is 9.78 Å². The lowest BCUT2D eigenvalue weighted by atomic mass is 9.72. The minimum Gasteiger partial charge on any atom is -0.444 e. The topological polar surface area (TPSA) is 80.5 Å². The molecule has 2 aliphatic rings. The van der Waals surface area contributed by atoms with Gasteiger partial charge in [0, 0.05) is 28.4 Å². The van der Waals surface area contributed by atoms with E-state index in [-0.39, 0.29) is 5.41 Å². The summed E-state index contributed by atoms with van der Waals surface area (Å²) in [6.07, 6.45) is 9.87. The zero-order valence-corrected chi connectivity index (χ0v) is 19.1. The second kappa shape index (κ2) is 7.80. The van der Waals surface area contributed by atoms with Gasteiger partial charge in [-0.3, -0.25) is 5.32 Å². The van der Waals surface area contributed by atoms with Crippen LogP contribution < -0.4 is 10.6 Å². The molecule has 168 valence electrons. The van der Waals surface area contributed by atoms with Crippen LogP contribution in [0.1, 0.15) is 70.6 Å². The smallest absolute Gasteiger partial charge is 0.412 e. The van der Waals surface area contributed by atoms with Gasteiger partial charge in [0.25, 0.3) is 0 Å². The van der Waals surface area contributed by atoms with Gasteiger partial charge in [-0.15, -0.1) is 0 Å². The Balaban J connectivity index is 1.47. The van der Waals surface area contributed by atoms with E-state index in [1.807, 2.05) is 55.6 Å². The number of benzene rings is 1. The van der Waals surface area contributed by atoms with Crippen molar-refractivity contribution in [3.05, 3.63) is 47.8 Å². The third-order valence-electron chi connectivity index (χ3n) is 6.57. The molecule has 7 nitrogen and oxygen atoms in total. The third-order valence-corrected chi connectivity index (χ3v) is 6.57. The van der Waals surface area contributed by atoms with E-state index < -0.39 is 11.7 Å². The summed E-state index contributed by atoms with van der Waals surface area (Å²) in [7, 11) is 0. The predicted molar refractivity (Wildman–Crippen MR) is 126 cm³/mol. The van der Waals surface area contributed by atoms with Crippen molar-refractivity contribution >= 4 is 28.9 Å². The van der Waals surface area contributed by atoms with E-state index in [1.165, 1.54) is 43.4 Å². The molecule has 2 heterocycles. The number of nitrogens with zero attached hydrogens (tertiary/aromatic N) is 3. The minimum absolute atomic E-state index is 0.218. The van der Waals surface area contributed by atoms with E-state index in [0.717, 1.165) is 30.0 Å². The lowest BCUT2D eigenvalue weighted by Crippen LogP contribution is -2.27. The van der Waals surface area contributed by atoms with Gasteiger partial charge in [-0.2, -0.15) is 9.61 Å². The molecular weight excluding hydrogens is 402 g/mol. The maximum Gasteiger partial charge on any atom is 0.412 e. The maximum absolute atomic E-state index is 12.2. The van der Waals surface area contributed by atoms with Crippen molar-refractivity contribution in [3.8, 4) is 0 Å². The second-order valence-corrected chi connectivity index (χ2v) is 10.1. The van der Waals surface area contributed by atoms with Crippen LogP contribution in [0.25, 0.3) is 5.65 Å². The van der Waals surface area contributed by atoms with E-state index in [0.29, 0.717) is 5.69 Å². The zero-order valence-electron chi connectivity index (χ0n) is 19.1. The van der Waals surface area contributed by atoms with Crippen molar-refractivity contribution in [3.63, 3.8) is 0 Å². The summed E-state index contributed by atoms with van der Waals surface area (Å²) in [5, 5.41) is 10.9. The summed E-state index contributed by atoms with van der Waals surface area (Å²) in [6.45, 7) is 5.55. The fourth-order valence-electron chi connectivity index (χ4n) is 5.21. The van der Waals surface area contributed by atoms with Gasteiger partial charge >= 0.3 is 6.09 Å². The summed E-state index contributed by atoms with van der Waals surface area (Å²) < 4.78 is 7.28. The molecule has 2 N–H and O–H groups in total.